The molecule has 0 aromatic carbocycles. The first kappa shape index (κ1) is 10.9. The van der Waals surface area contributed by atoms with Gasteiger partial charge in [0.25, 0.3) is 0 Å². The van der Waals surface area contributed by atoms with Crippen LogP contribution in [0.15, 0.2) is 0 Å². The van der Waals surface area contributed by atoms with E-state index in [9.17, 15) is 4.79 Å². The summed E-state index contributed by atoms with van der Waals surface area (Å²) in [7, 11) is 0. The number of carbonyl (C=O) groups excluding carboxylic acids is 1. The number of hydrogen-bond donors (Lipinski definition) is 2. The lowest BCUT2D eigenvalue weighted by molar-refractivity contribution is -0.130. The number of carbonyl (C=O) groups is 1. The van der Waals surface area contributed by atoms with E-state index in [-0.39, 0.29) is 5.91 Å². The number of nitrogens with one attached hydrogen (secondary N) is 2. The first-order chi connectivity index (χ1) is 7.36. The van der Waals surface area contributed by atoms with Crippen LogP contribution in [-0.4, -0.2) is 50.1 Å². The van der Waals surface area contributed by atoms with Crippen LogP contribution in [0, 0.1) is 5.92 Å². The van der Waals surface area contributed by atoms with Crippen LogP contribution < -0.4 is 10.6 Å². The van der Waals surface area contributed by atoms with Crippen molar-refractivity contribution in [3.63, 3.8) is 0 Å². The topological polar surface area (TPSA) is 44.4 Å². The standard InChI is InChI=1S/C11H21N3O/c15-11-8-13-4-1-7-14(11)9-10-2-5-12-6-3-10/h10,12-13H,1-9H2. The molecule has 2 N–H and O–H groups in total. The highest BCUT2D eigenvalue weighted by Gasteiger charge is 2.21. The van der Waals surface area contributed by atoms with Crippen molar-refractivity contribution in [2.75, 3.05) is 39.3 Å². The van der Waals surface area contributed by atoms with Crippen molar-refractivity contribution in [2.45, 2.75) is 19.3 Å². The number of rotatable bonds is 2. The molecule has 1 amide bonds. The molecule has 0 aromatic rings. The Kier molecular flexibility index (Phi) is 3.97. The summed E-state index contributed by atoms with van der Waals surface area (Å²) in [6.45, 7) is 5.66. The highest BCUT2D eigenvalue weighted by atomic mass is 16.2. The van der Waals surface area contributed by atoms with Crippen molar-refractivity contribution in [1.29, 1.82) is 0 Å². The lowest BCUT2D eigenvalue weighted by atomic mass is 9.97. The summed E-state index contributed by atoms with van der Waals surface area (Å²) in [6, 6.07) is 0. The molecule has 86 valence electrons. The molecule has 2 saturated heterocycles. The zero-order valence-corrected chi connectivity index (χ0v) is 9.30. The summed E-state index contributed by atoms with van der Waals surface area (Å²) in [6.07, 6.45) is 3.53. The smallest absolute Gasteiger partial charge is 0.236 e. The molecule has 0 unspecified atom stereocenters. The second-order valence-corrected chi connectivity index (χ2v) is 4.56. The van der Waals surface area contributed by atoms with Gasteiger partial charge in [-0.1, -0.05) is 0 Å². The SMILES string of the molecule is O=C1CNCCCN1CC1CCNCC1. The summed E-state index contributed by atoms with van der Waals surface area (Å²) in [4.78, 5) is 13.8. The van der Waals surface area contributed by atoms with Crippen molar-refractivity contribution in [2.24, 2.45) is 5.92 Å². The lowest BCUT2D eigenvalue weighted by Gasteiger charge is -2.29. The maximum atomic E-state index is 11.7. The maximum Gasteiger partial charge on any atom is 0.236 e. The largest absolute Gasteiger partial charge is 0.341 e. The monoisotopic (exact) mass is 211 g/mol. The lowest BCUT2D eigenvalue weighted by Crippen LogP contribution is -2.41. The minimum atomic E-state index is 0.283. The quantitative estimate of drug-likeness (QED) is 0.665. The average Bonchev–Trinajstić information content (AvgIpc) is 2.46. The normalized spacial score (nSPS) is 25.3. The van der Waals surface area contributed by atoms with Crippen LogP contribution in [0.5, 0.6) is 0 Å². The van der Waals surface area contributed by atoms with Gasteiger partial charge in [0, 0.05) is 13.1 Å². The molecule has 0 atom stereocenters. The van der Waals surface area contributed by atoms with Gasteiger partial charge in [-0.05, 0) is 44.8 Å². The van der Waals surface area contributed by atoms with E-state index >= 15 is 0 Å². The highest BCUT2D eigenvalue weighted by molar-refractivity contribution is 5.78. The van der Waals surface area contributed by atoms with Gasteiger partial charge in [0.15, 0.2) is 0 Å². The molecule has 15 heavy (non-hydrogen) atoms. The Morgan fingerprint density at radius 1 is 1.20 bits per heavy atom. The minimum absolute atomic E-state index is 0.283. The summed E-state index contributed by atoms with van der Waals surface area (Å²) in [5.41, 5.74) is 0. The van der Waals surface area contributed by atoms with Crippen LogP contribution in [0.4, 0.5) is 0 Å². The molecule has 0 spiro atoms. The van der Waals surface area contributed by atoms with Crippen LogP contribution in [0.25, 0.3) is 0 Å². The van der Waals surface area contributed by atoms with Crippen molar-refractivity contribution >= 4 is 5.91 Å². The van der Waals surface area contributed by atoms with Gasteiger partial charge in [0.1, 0.15) is 0 Å². The molecule has 0 saturated carbocycles. The van der Waals surface area contributed by atoms with Gasteiger partial charge in [0.2, 0.25) is 5.91 Å². The van der Waals surface area contributed by atoms with E-state index in [0.29, 0.717) is 12.5 Å². The third-order valence-corrected chi connectivity index (χ3v) is 3.35. The summed E-state index contributed by atoms with van der Waals surface area (Å²) < 4.78 is 0. The van der Waals surface area contributed by atoms with Crippen LogP contribution in [0.2, 0.25) is 0 Å². The van der Waals surface area contributed by atoms with Gasteiger partial charge >= 0.3 is 0 Å². The van der Waals surface area contributed by atoms with Gasteiger partial charge in [-0.15, -0.1) is 0 Å². The Morgan fingerprint density at radius 2 is 2.00 bits per heavy atom. The number of nitrogens with zero attached hydrogens (tertiary/aromatic N) is 1. The number of amides is 1. The van der Waals surface area contributed by atoms with Gasteiger partial charge in [-0.3, -0.25) is 4.79 Å². The van der Waals surface area contributed by atoms with Gasteiger partial charge < -0.3 is 15.5 Å². The van der Waals surface area contributed by atoms with E-state index in [1.807, 2.05) is 0 Å². The fourth-order valence-corrected chi connectivity index (χ4v) is 2.40. The van der Waals surface area contributed by atoms with Crippen molar-refractivity contribution in [3.8, 4) is 0 Å². The maximum absolute atomic E-state index is 11.7. The fraction of sp³-hybridized carbons (Fsp3) is 0.909. The molecular formula is C11H21N3O. The van der Waals surface area contributed by atoms with Crippen molar-refractivity contribution < 1.29 is 4.79 Å². The Balaban J connectivity index is 1.82. The van der Waals surface area contributed by atoms with Crippen molar-refractivity contribution in [3.05, 3.63) is 0 Å². The first-order valence-electron chi connectivity index (χ1n) is 6.05. The number of piperidine rings is 1. The molecule has 0 aliphatic carbocycles. The number of hydrogen-bond acceptors (Lipinski definition) is 3. The van der Waals surface area contributed by atoms with Crippen molar-refractivity contribution in [1.82, 2.24) is 15.5 Å². The molecule has 0 bridgehead atoms. The fourth-order valence-electron chi connectivity index (χ4n) is 2.40. The second kappa shape index (κ2) is 5.47. The molecule has 0 aromatic heterocycles. The molecular weight excluding hydrogens is 190 g/mol. The van der Waals surface area contributed by atoms with Crippen LogP contribution in [0.1, 0.15) is 19.3 Å². The van der Waals surface area contributed by atoms with E-state index in [0.717, 1.165) is 39.1 Å². The Bertz CT molecular complexity index is 214. The molecule has 2 aliphatic rings. The predicted octanol–water partition coefficient (Wildman–Crippen LogP) is -0.192. The zero-order chi connectivity index (χ0) is 10.5. The molecule has 4 nitrogen and oxygen atoms in total. The summed E-state index contributed by atoms with van der Waals surface area (Å²) >= 11 is 0. The van der Waals surface area contributed by atoms with Crippen LogP contribution in [-0.2, 0) is 4.79 Å². The highest BCUT2D eigenvalue weighted by Crippen LogP contribution is 2.14. The minimum Gasteiger partial charge on any atom is -0.341 e. The molecule has 2 heterocycles. The van der Waals surface area contributed by atoms with E-state index in [1.165, 1.54) is 12.8 Å². The second-order valence-electron chi connectivity index (χ2n) is 4.56. The van der Waals surface area contributed by atoms with E-state index < -0.39 is 0 Å². The first-order valence-corrected chi connectivity index (χ1v) is 6.05. The van der Waals surface area contributed by atoms with E-state index in [1.54, 1.807) is 0 Å². The van der Waals surface area contributed by atoms with Gasteiger partial charge in [0.05, 0.1) is 6.54 Å². The van der Waals surface area contributed by atoms with Crippen LogP contribution in [0.3, 0.4) is 0 Å². The third kappa shape index (κ3) is 3.18. The zero-order valence-electron chi connectivity index (χ0n) is 9.30. The predicted molar refractivity (Wildman–Crippen MR) is 59.7 cm³/mol. The molecule has 0 radical (unpaired) electrons. The third-order valence-electron chi connectivity index (χ3n) is 3.35. The molecule has 4 heteroatoms. The van der Waals surface area contributed by atoms with Gasteiger partial charge in [-0.25, -0.2) is 0 Å². The Hall–Kier alpha value is -0.610. The summed E-state index contributed by atoms with van der Waals surface area (Å²) in [5.74, 6) is 0.999. The molecule has 2 rings (SSSR count). The Labute approximate surface area is 91.4 Å². The molecule has 2 fully saturated rings. The van der Waals surface area contributed by atoms with Crippen LogP contribution >= 0.6 is 0 Å². The van der Waals surface area contributed by atoms with E-state index in [4.69, 9.17) is 0 Å². The van der Waals surface area contributed by atoms with Gasteiger partial charge in [-0.2, -0.15) is 0 Å². The summed E-state index contributed by atoms with van der Waals surface area (Å²) in [5, 5.41) is 6.52. The van der Waals surface area contributed by atoms with E-state index in [2.05, 4.69) is 15.5 Å². The Morgan fingerprint density at radius 3 is 2.80 bits per heavy atom. The average molecular weight is 211 g/mol. The molecule has 2 aliphatic heterocycles.